The molecule has 1 saturated carbocycles. The fourth-order valence-electron chi connectivity index (χ4n) is 4.42. The molecule has 1 aliphatic rings. The van der Waals surface area contributed by atoms with E-state index in [1.165, 1.54) is 5.56 Å². The molecule has 0 amide bonds. The fourth-order valence-corrected chi connectivity index (χ4v) is 4.42. The fraction of sp³-hybridized carbons (Fsp3) is 0.462. The number of pyridine rings is 1. The van der Waals surface area contributed by atoms with Crippen molar-refractivity contribution in [1.82, 2.24) is 25.0 Å². The molecule has 0 unspecified atom stereocenters. The molecular weight excluding hydrogens is 396 g/mol. The van der Waals surface area contributed by atoms with Crippen LogP contribution in [0.25, 0.3) is 5.57 Å². The van der Waals surface area contributed by atoms with Crippen LogP contribution in [0.5, 0.6) is 0 Å². The van der Waals surface area contributed by atoms with Gasteiger partial charge in [0.2, 0.25) is 0 Å². The number of aromatic nitrogens is 3. The SMILES string of the molecule is C=C/C(=C\C(=C/N(C)CC(C)C)c1cnn(C)c1)NC1CCC(c2ccc(N)nc2)CC1. The molecule has 0 atom stereocenters. The van der Waals surface area contributed by atoms with Crippen LogP contribution in [0.1, 0.15) is 56.6 Å². The molecule has 2 heterocycles. The Morgan fingerprint density at radius 1 is 1.28 bits per heavy atom. The largest absolute Gasteiger partial charge is 0.384 e. The Labute approximate surface area is 192 Å². The van der Waals surface area contributed by atoms with Gasteiger partial charge in [-0.05, 0) is 61.3 Å². The summed E-state index contributed by atoms with van der Waals surface area (Å²) in [4.78, 5) is 6.51. The second kappa shape index (κ2) is 11.0. The lowest BCUT2D eigenvalue weighted by atomic mass is 9.82. The Morgan fingerprint density at radius 2 is 2.03 bits per heavy atom. The van der Waals surface area contributed by atoms with Crippen molar-refractivity contribution in [2.45, 2.75) is 51.5 Å². The van der Waals surface area contributed by atoms with Gasteiger partial charge in [0.05, 0.1) is 6.20 Å². The first kappa shape index (κ1) is 23.6. The van der Waals surface area contributed by atoms with Crippen LogP contribution in [0.15, 0.2) is 61.4 Å². The number of allylic oxidation sites excluding steroid dienone is 3. The van der Waals surface area contributed by atoms with Crippen LogP contribution in [0, 0.1) is 5.92 Å². The van der Waals surface area contributed by atoms with E-state index in [4.69, 9.17) is 5.73 Å². The van der Waals surface area contributed by atoms with E-state index >= 15 is 0 Å². The Bertz CT molecular complexity index is 929. The highest BCUT2D eigenvalue weighted by Crippen LogP contribution is 2.33. The summed E-state index contributed by atoms with van der Waals surface area (Å²) < 4.78 is 1.84. The van der Waals surface area contributed by atoms with Crippen molar-refractivity contribution in [1.29, 1.82) is 0 Å². The molecule has 1 aliphatic carbocycles. The molecule has 0 spiro atoms. The third-order valence-electron chi connectivity index (χ3n) is 5.96. The van der Waals surface area contributed by atoms with Gasteiger partial charge >= 0.3 is 0 Å². The molecule has 2 aromatic heterocycles. The summed E-state index contributed by atoms with van der Waals surface area (Å²) in [6, 6.07) is 4.47. The van der Waals surface area contributed by atoms with E-state index < -0.39 is 0 Å². The minimum absolute atomic E-state index is 0.445. The summed E-state index contributed by atoms with van der Waals surface area (Å²) in [5.74, 6) is 1.74. The van der Waals surface area contributed by atoms with Crippen molar-refractivity contribution >= 4 is 11.4 Å². The zero-order valence-corrected chi connectivity index (χ0v) is 20.0. The number of hydrogen-bond acceptors (Lipinski definition) is 5. The lowest BCUT2D eigenvalue weighted by Gasteiger charge is -2.30. The van der Waals surface area contributed by atoms with Gasteiger partial charge in [-0.3, -0.25) is 4.68 Å². The van der Waals surface area contributed by atoms with Gasteiger partial charge in [-0.15, -0.1) is 0 Å². The second-order valence-corrected chi connectivity index (χ2v) is 9.33. The van der Waals surface area contributed by atoms with Crippen LogP contribution in [-0.4, -0.2) is 39.3 Å². The summed E-state index contributed by atoms with van der Waals surface area (Å²) in [5.41, 5.74) is 10.3. The smallest absolute Gasteiger partial charge is 0.123 e. The average Bonchev–Trinajstić information content (AvgIpc) is 3.19. The molecule has 3 N–H and O–H groups in total. The van der Waals surface area contributed by atoms with Crippen molar-refractivity contribution in [3.05, 3.63) is 72.5 Å². The van der Waals surface area contributed by atoms with Crippen LogP contribution in [0.3, 0.4) is 0 Å². The first-order valence-electron chi connectivity index (χ1n) is 11.6. The summed E-state index contributed by atoms with van der Waals surface area (Å²) in [5, 5.41) is 8.09. The number of nitrogens with zero attached hydrogens (tertiary/aromatic N) is 4. The van der Waals surface area contributed by atoms with Gasteiger partial charge in [0, 0.05) is 62.1 Å². The molecule has 3 rings (SSSR count). The molecule has 1 fully saturated rings. The Kier molecular flexibility index (Phi) is 8.14. The summed E-state index contributed by atoms with van der Waals surface area (Å²) in [7, 11) is 4.07. The number of nitrogens with one attached hydrogen (secondary N) is 1. The van der Waals surface area contributed by atoms with Gasteiger partial charge in [0.15, 0.2) is 0 Å². The quantitative estimate of drug-likeness (QED) is 0.559. The number of aryl methyl sites for hydroxylation is 1. The minimum Gasteiger partial charge on any atom is -0.384 e. The molecule has 0 aromatic carbocycles. The van der Waals surface area contributed by atoms with Crippen molar-refractivity contribution < 1.29 is 0 Å². The molecule has 6 heteroatoms. The van der Waals surface area contributed by atoms with Gasteiger partial charge in [-0.1, -0.05) is 26.5 Å². The predicted octanol–water partition coefficient (Wildman–Crippen LogP) is 4.71. The molecule has 0 radical (unpaired) electrons. The lowest BCUT2D eigenvalue weighted by Crippen LogP contribution is -2.31. The molecule has 32 heavy (non-hydrogen) atoms. The highest BCUT2D eigenvalue weighted by atomic mass is 15.2. The van der Waals surface area contributed by atoms with E-state index in [1.54, 1.807) is 0 Å². The van der Waals surface area contributed by atoms with E-state index in [2.05, 4.69) is 72.3 Å². The van der Waals surface area contributed by atoms with Crippen molar-refractivity contribution in [2.24, 2.45) is 13.0 Å². The normalized spacial score (nSPS) is 19.8. The monoisotopic (exact) mass is 434 g/mol. The molecule has 0 bridgehead atoms. The Balaban J connectivity index is 1.69. The van der Waals surface area contributed by atoms with E-state index in [1.807, 2.05) is 36.3 Å². The maximum absolute atomic E-state index is 5.74. The van der Waals surface area contributed by atoms with E-state index in [0.29, 0.717) is 23.7 Å². The molecule has 0 saturated heterocycles. The average molecular weight is 435 g/mol. The van der Waals surface area contributed by atoms with Gasteiger partial charge in [0.25, 0.3) is 0 Å². The van der Waals surface area contributed by atoms with Crippen molar-refractivity contribution in [2.75, 3.05) is 19.3 Å². The Hall–Kier alpha value is -3.02. The highest BCUT2D eigenvalue weighted by Gasteiger charge is 2.22. The molecule has 6 nitrogen and oxygen atoms in total. The number of anilines is 1. The number of rotatable bonds is 9. The first-order chi connectivity index (χ1) is 15.3. The summed E-state index contributed by atoms with van der Waals surface area (Å²) in [6.45, 7) is 9.53. The van der Waals surface area contributed by atoms with E-state index in [0.717, 1.165) is 49.1 Å². The van der Waals surface area contributed by atoms with Gasteiger partial charge < -0.3 is 16.0 Å². The van der Waals surface area contributed by atoms with Crippen LogP contribution in [-0.2, 0) is 7.05 Å². The van der Waals surface area contributed by atoms with Crippen molar-refractivity contribution in [3.8, 4) is 0 Å². The minimum atomic E-state index is 0.445. The molecule has 172 valence electrons. The number of nitrogen functional groups attached to an aromatic ring is 1. The third-order valence-corrected chi connectivity index (χ3v) is 5.96. The zero-order valence-electron chi connectivity index (χ0n) is 20.0. The van der Waals surface area contributed by atoms with Crippen LogP contribution in [0.4, 0.5) is 5.82 Å². The van der Waals surface area contributed by atoms with E-state index in [9.17, 15) is 0 Å². The maximum Gasteiger partial charge on any atom is 0.123 e. The van der Waals surface area contributed by atoms with Crippen LogP contribution >= 0.6 is 0 Å². The molecular formula is C26H38N6. The number of nitrogens with two attached hydrogens (primary N) is 1. The summed E-state index contributed by atoms with van der Waals surface area (Å²) in [6.07, 6.45) is 16.8. The number of hydrogen-bond donors (Lipinski definition) is 2. The van der Waals surface area contributed by atoms with Gasteiger partial charge in [-0.25, -0.2) is 4.98 Å². The molecule has 0 aliphatic heterocycles. The second-order valence-electron chi connectivity index (χ2n) is 9.33. The summed E-state index contributed by atoms with van der Waals surface area (Å²) >= 11 is 0. The maximum atomic E-state index is 5.74. The lowest BCUT2D eigenvalue weighted by molar-refractivity contribution is 0.362. The predicted molar refractivity (Wildman–Crippen MR) is 134 cm³/mol. The van der Waals surface area contributed by atoms with Gasteiger partial charge in [-0.2, -0.15) is 5.10 Å². The topological polar surface area (TPSA) is 72.0 Å². The standard InChI is InChI=1S/C26H38N6/c1-6-24(13-22(17-31(4)16-19(2)3)23-15-29-32(5)18-23)30-25-10-7-20(8-11-25)21-9-12-26(27)28-14-21/h6,9,12-15,17-20,25,30H,1,7-8,10-11,16H2,2-5H3,(H2,27,28)/b22-17+,24-13+. The van der Waals surface area contributed by atoms with Crippen molar-refractivity contribution in [3.63, 3.8) is 0 Å². The highest BCUT2D eigenvalue weighted by molar-refractivity contribution is 5.74. The van der Waals surface area contributed by atoms with Crippen LogP contribution in [0.2, 0.25) is 0 Å². The first-order valence-corrected chi connectivity index (χ1v) is 11.6. The zero-order chi connectivity index (χ0) is 23.1. The van der Waals surface area contributed by atoms with Crippen LogP contribution < -0.4 is 11.1 Å². The third kappa shape index (κ3) is 6.74. The Morgan fingerprint density at radius 3 is 2.59 bits per heavy atom. The van der Waals surface area contributed by atoms with Gasteiger partial charge in [0.1, 0.15) is 5.82 Å². The molecule has 2 aromatic rings. The van der Waals surface area contributed by atoms with E-state index in [-0.39, 0.29) is 0 Å².